The second-order valence-electron chi connectivity index (χ2n) is 10.7. The molecule has 1 amide bonds. The van der Waals surface area contributed by atoms with E-state index in [1.165, 1.54) is 33.7 Å². The number of nitrogens with zero attached hydrogens (tertiary/aromatic N) is 5. The summed E-state index contributed by atoms with van der Waals surface area (Å²) in [6, 6.07) is 10.2. The molecule has 4 heterocycles. The summed E-state index contributed by atoms with van der Waals surface area (Å²) in [6.07, 6.45) is -2.62. The molecule has 42 heavy (non-hydrogen) atoms. The molecule has 4 aromatic rings. The van der Waals surface area contributed by atoms with Crippen LogP contribution in [-0.4, -0.2) is 59.0 Å². The van der Waals surface area contributed by atoms with Gasteiger partial charge in [-0.1, -0.05) is 17.3 Å². The van der Waals surface area contributed by atoms with E-state index >= 15 is 0 Å². The number of alkyl halides is 3. The molecule has 0 N–H and O–H groups in total. The molecule has 0 aliphatic carbocycles. The zero-order valence-corrected chi connectivity index (χ0v) is 23.9. The number of amides is 1. The molecule has 2 fully saturated rings. The van der Waals surface area contributed by atoms with Gasteiger partial charge < -0.3 is 18.7 Å². The van der Waals surface area contributed by atoms with Gasteiger partial charge in [0.05, 0.1) is 35.1 Å². The summed E-state index contributed by atoms with van der Waals surface area (Å²) in [5.74, 6) is 0.493. The third-order valence-corrected chi connectivity index (χ3v) is 9.11. The van der Waals surface area contributed by atoms with Gasteiger partial charge in [0.15, 0.2) is 0 Å². The molecule has 6 rings (SSSR count). The van der Waals surface area contributed by atoms with Gasteiger partial charge in [0, 0.05) is 36.8 Å². The van der Waals surface area contributed by atoms with E-state index in [4.69, 9.17) is 9.51 Å². The fourth-order valence-corrected chi connectivity index (χ4v) is 6.97. The molecule has 0 spiro atoms. The van der Waals surface area contributed by atoms with E-state index in [0.29, 0.717) is 36.5 Å². The minimum atomic E-state index is -4.88. The number of carbonyl (C=O) groups excluding carboxylic acids is 1. The zero-order valence-electron chi connectivity index (χ0n) is 23.1. The number of ether oxygens (including phenoxy) is 1. The molecular formula is C28H28F3N5O5S. The standard InChI is InChI=1S/C28H28F3N5O5S/c1-16-26(17(2)41-33-16)18-7-8-23-22(13-18)32-27(36(23)20-11-12-34(15-20)42(3,38)39)24-9-10-25(37)35(24)19-5-4-6-21(14-19)40-28(29,30)31/h4-8,13-14,20,24H,9-12,15H2,1-3H3/t20-,24+/m1/s1. The SMILES string of the molecule is Cc1noc(C)c1-c1ccc2c(c1)nc([C@@H]1CCC(=O)N1c1cccc(OC(F)(F)F)c1)n2[C@@H]1CCN(S(C)(=O)=O)C1. The van der Waals surface area contributed by atoms with Crippen molar-refractivity contribution in [3.05, 3.63) is 59.7 Å². The Morgan fingerprint density at radius 3 is 2.55 bits per heavy atom. The monoisotopic (exact) mass is 603 g/mol. The highest BCUT2D eigenvalue weighted by Gasteiger charge is 2.40. The van der Waals surface area contributed by atoms with E-state index in [1.54, 1.807) is 6.07 Å². The lowest BCUT2D eigenvalue weighted by molar-refractivity contribution is -0.274. The minimum absolute atomic E-state index is 0.169. The summed E-state index contributed by atoms with van der Waals surface area (Å²) in [7, 11) is -3.43. The van der Waals surface area contributed by atoms with Crippen molar-refractivity contribution in [3.8, 4) is 16.9 Å². The lowest BCUT2D eigenvalue weighted by Crippen LogP contribution is -2.31. The molecule has 2 aliphatic heterocycles. The fraction of sp³-hybridized carbons (Fsp3) is 0.393. The van der Waals surface area contributed by atoms with Crippen molar-refractivity contribution in [2.45, 2.75) is 51.6 Å². The van der Waals surface area contributed by atoms with Crippen LogP contribution < -0.4 is 9.64 Å². The third kappa shape index (κ3) is 5.13. The molecule has 2 saturated heterocycles. The summed E-state index contributed by atoms with van der Waals surface area (Å²) in [5.41, 5.74) is 4.05. The largest absolute Gasteiger partial charge is 0.573 e. The Kier molecular flexibility index (Phi) is 6.80. The summed E-state index contributed by atoms with van der Waals surface area (Å²) in [5, 5.41) is 4.05. The minimum Gasteiger partial charge on any atom is -0.406 e. The highest BCUT2D eigenvalue weighted by Crippen LogP contribution is 2.42. The van der Waals surface area contributed by atoms with Crippen LogP contribution in [0.4, 0.5) is 18.9 Å². The predicted molar refractivity (Wildman–Crippen MR) is 147 cm³/mol. The van der Waals surface area contributed by atoms with E-state index in [0.717, 1.165) is 22.3 Å². The molecular weight excluding hydrogens is 575 g/mol. The molecule has 0 saturated carbocycles. The maximum absolute atomic E-state index is 13.2. The summed E-state index contributed by atoms with van der Waals surface area (Å²) in [6.45, 7) is 4.24. The number of fused-ring (bicyclic) bond motifs is 1. The van der Waals surface area contributed by atoms with Crippen molar-refractivity contribution in [3.63, 3.8) is 0 Å². The van der Waals surface area contributed by atoms with Crippen LogP contribution >= 0.6 is 0 Å². The molecule has 0 radical (unpaired) electrons. The molecule has 222 valence electrons. The number of sulfonamides is 1. The Morgan fingerprint density at radius 2 is 1.88 bits per heavy atom. The number of aryl methyl sites for hydroxylation is 2. The Hall–Kier alpha value is -3.91. The van der Waals surface area contributed by atoms with Gasteiger partial charge in [0.2, 0.25) is 15.9 Å². The fourth-order valence-electron chi connectivity index (χ4n) is 6.09. The van der Waals surface area contributed by atoms with Gasteiger partial charge in [-0.2, -0.15) is 0 Å². The van der Waals surface area contributed by atoms with Crippen LogP contribution in [0.5, 0.6) is 5.75 Å². The number of anilines is 1. The van der Waals surface area contributed by atoms with E-state index in [9.17, 15) is 26.4 Å². The smallest absolute Gasteiger partial charge is 0.406 e. The molecule has 2 atom stereocenters. The van der Waals surface area contributed by atoms with Crippen molar-refractivity contribution in [1.29, 1.82) is 0 Å². The maximum Gasteiger partial charge on any atom is 0.573 e. The Balaban J connectivity index is 1.48. The Morgan fingerprint density at radius 1 is 1.10 bits per heavy atom. The van der Waals surface area contributed by atoms with Gasteiger partial charge in [-0.25, -0.2) is 17.7 Å². The van der Waals surface area contributed by atoms with Crippen LogP contribution in [0.1, 0.15) is 48.6 Å². The average molecular weight is 604 g/mol. The van der Waals surface area contributed by atoms with Gasteiger partial charge in [-0.05, 0) is 56.5 Å². The van der Waals surface area contributed by atoms with Gasteiger partial charge in [0.1, 0.15) is 17.3 Å². The van der Waals surface area contributed by atoms with Crippen molar-refractivity contribution in [2.75, 3.05) is 24.2 Å². The van der Waals surface area contributed by atoms with Gasteiger partial charge in [-0.3, -0.25) is 4.79 Å². The number of benzene rings is 2. The van der Waals surface area contributed by atoms with Crippen molar-refractivity contribution < 1.29 is 35.6 Å². The molecule has 14 heteroatoms. The first-order chi connectivity index (χ1) is 19.8. The summed E-state index contributed by atoms with van der Waals surface area (Å²) in [4.78, 5) is 19.6. The van der Waals surface area contributed by atoms with Crippen molar-refractivity contribution in [1.82, 2.24) is 19.0 Å². The number of imidazole rings is 1. The van der Waals surface area contributed by atoms with Gasteiger partial charge in [-0.15, -0.1) is 13.2 Å². The second-order valence-corrected chi connectivity index (χ2v) is 12.7. The van der Waals surface area contributed by atoms with Crippen LogP contribution in [0.2, 0.25) is 0 Å². The van der Waals surface area contributed by atoms with Crippen LogP contribution in [0.15, 0.2) is 47.0 Å². The van der Waals surface area contributed by atoms with Crippen LogP contribution in [0.3, 0.4) is 0 Å². The molecule has 10 nitrogen and oxygen atoms in total. The number of hydrogen-bond donors (Lipinski definition) is 0. The number of aromatic nitrogens is 3. The van der Waals surface area contributed by atoms with Gasteiger partial charge >= 0.3 is 6.36 Å². The van der Waals surface area contributed by atoms with Crippen LogP contribution in [0, 0.1) is 13.8 Å². The molecule has 0 unspecified atom stereocenters. The Labute approximate surface area is 239 Å². The van der Waals surface area contributed by atoms with E-state index in [-0.39, 0.29) is 30.6 Å². The average Bonchev–Trinajstić information content (AvgIpc) is 3.67. The van der Waals surface area contributed by atoms with E-state index < -0.39 is 28.2 Å². The number of carbonyl (C=O) groups is 1. The zero-order chi connectivity index (χ0) is 30.0. The topological polar surface area (TPSA) is 111 Å². The molecule has 2 aromatic heterocycles. The van der Waals surface area contributed by atoms with Gasteiger partial charge in [0.25, 0.3) is 0 Å². The first-order valence-electron chi connectivity index (χ1n) is 13.4. The van der Waals surface area contributed by atoms with Crippen LogP contribution in [0.25, 0.3) is 22.2 Å². The first kappa shape index (κ1) is 28.2. The normalized spacial score (nSPS) is 20.2. The highest BCUT2D eigenvalue weighted by molar-refractivity contribution is 7.88. The lowest BCUT2D eigenvalue weighted by Gasteiger charge is -2.27. The van der Waals surface area contributed by atoms with E-state index in [1.807, 2.05) is 36.6 Å². The number of hydrogen-bond acceptors (Lipinski definition) is 7. The molecule has 2 aromatic carbocycles. The summed E-state index contributed by atoms with van der Waals surface area (Å²) < 4.78 is 76.4. The predicted octanol–water partition coefficient (Wildman–Crippen LogP) is 5.28. The van der Waals surface area contributed by atoms with Crippen LogP contribution in [-0.2, 0) is 14.8 Å². The van der Waals surface area contributed by atoms with Crippen molar-refractivity contribution in [2.24, 2.45) is 0 Å². The van der Waals surface area contributed by atoms with Crippen molar-refractivity contribution >= 4 is 32.7 Å². The first-order valence-corrected chi connectivity index (χ1v) is 15.2. The number of rotatable bonds is 6. The highest BCUT2D eigenvalue weighted by atomic mass is 32.2. The molecule has 0 bridgehead atoms. The Bertz CT molecular complexity index is 1780. The second kappa shape index (κ2) is 10.1. The molecule has 2 aliphatic rings. The quantitative estimate of drug-likeness (QED) is 0.295. The number of halogens is 3. The third-order valence-electron chi connectivity index (χ3n) is 7.84. The summed E-state index contributed by atoms with van der Waals surface area (Å²) >= 11 is 0. The lowest BCUT2D eigenvalue weighted by atomic mass is 10.0. The maximum atomic E-state index is 13.2. The van der Waals surface area contributed by atoms with E-state index in [2.05, 4.69) is 9.89 Å².